The molecule has 0 spiro atoms. The summed E-state index contributed by atoms with van der Waals surface area (Å²) in [6, 6.07) is 15.3. The van der Waals surface area contributed by atoms with Crippen molar-refractivity contribution in [1.82, 2.24) is 9.88 Å². The lowest BCUT2D eigenvalue weighted by atomic mass is 10.00. The molecule has 1 N–H and O–H groups in total. The van der Waals surface area contributed by atoms with Crippen molar-refractivity contribution in [2.24, 2.45) is 4.99 Å². The lowest BCUT2D eigenvalue weighted by molar-refractivity contribution is 0.371. The van der Waals surface area contributed by atoms with Gasteiger partial charge in [0.15, 0.2) is 0 Å². The fraction of sp³-hybridized carbons (Fsp3) is 0.200. The summed E-state index contributed by atoms with van der Waals surface area (Å²) in [7, 11) is 3.08. The number of hydrogen-bond donors (Lipinski definition) is 1. The van der Waals surface area contributed by atoms with Crippen molar-refractivity contribution in [3.63, 3.8) is 0 Å². The highest BCUT2D eigenvalue weighted by molar-refractivity contribution is 6.14. The molecular weight excluding hydrogens is 483 g/mol. The van der Waals surface area contributed by atoms with Crippen molar-refractivity contribution in [1.29, 1.82) is 0 Å². The highest BCUT2D eigenvalue weighted by Gasteiger charge is 2.36. The molecule has 7 nitrogen and oxygen atoms in total. The summed E-state index contributed by atoms with van der Waals surface area (Å²) in [4.78, 5) is 12.6. The van der Waals surface area contributed by atoms with Crippen LogP contribution in [0.5, 0.6) is 11.5 Å². The normalized spacial score (nSPS) is 17.5. The standard InChI is InChI=1S/C30H29FN4O3/c1-19-27(20(2)34-17-14-23(18-34)21-12-15-32-16-13-21)30(36)35(28-25(37-3)6-5-7-26(28)38-4)29(33-19)22-8-10-24(31)11-9-22/h5-13,15-16,23,36H,1-2,14,17-18H2,3-4H3. The average molecular weight is 513 g/mol. The van der Waals surface area contributed by atoms with Crippen LogP contribution >= 0.6 is 0 Å². The molecular formula is C30H29FN4O3. The number of rotatable bonds is 7. The third kappa shape index (κ3) is 4.49. The molecule has 3 heterocycles. The van der Waals surface area contributed by atoms with Crippen molar-refractivity contribution >= 4 is 11.5 Å². The van der Waals surface area contributed by atoms with Crippen LogP contribution in [0.3, 0.4) is 0 Å². The molecule has 0 amide bonds. The number of benzene rings is 2. The fourth-order valence-corrected chi connectivity index (χ4v) is 5.00. The SMILES string of the molecule is C=C1N=C(c2ccc(F)cc2)N(c2c(OC)cccc2OC)C(O)=C1C(=C)N1CCC(c2ccncc2)C1. The second-order valence-electron chi connectivity index (χ2n) is 9.09. The molecule has 1 fully saturated rings. The van der Waals surface area contributed by atoms with Gasteiger partial charge in [-0.25, -0.2) is 9.38 Å². The number of ether oxygens (including phenoxy) is 2. The molecule has 0 radical (unpaired) electrons. The van der Waals surface area contributed by atoms with Crippen LogP contribution in [0.4, 0.5) is 10.1 Å². The molecule has 0 bridgehead atoms. The van der Waals surface area contributed by atoms with Gasteiger partial charge in [-0.05, 0) is 60.5 Å². The lowest BCUT2D eigenvalue weighted by Crippen LogP contribution is -2.37. The van der Waals surface area contributed by atoms with E-state index in [0.29, 0.717) is 51.5 Å². The Morgan fingerprint density at radius 2 is 1.68 bits per heavy atom. The second kappa shape index (κ2) is 10.4. The van der Waals surface area contributed by atoms with Gasteiger partial charge >= 0.3 is 0 Å². The summed E-state index contributed by atoms with van der Waals surface area (Å²) in [5.74, 6) is 1.09. The number of pyridine rings is 1. The minimum atomic E-state index is -0.378. The van der Waals surface area contributed by atoms with Crippen molar-refractivity contribution in [3.05, 3.63) is 120 Å². The largest absolute Gasteiger partial charge is 0.494 e. The number of amidine groups is 1. The van der Waals surface area contributed by atoms with E-state index in [1.54, 1.807) is 61.8 Å². The molecule has 2 aliphatic heterocycles. The molecule has 3 aromatic rings. The van der Waals surface area contributed by atoms with E-state index in [1.807, 2.05) is 12.1 Å². The number of halogens is 1. The zero-order valence-electron chi connectivity index (χ0n) is 21.4. The summed E-state index contributed by atoms with van der Waals surface area (Å²) in [6.45, 7) is 10.00. The molecule has 194 valence electrons. The van der Waals surface area contributed by atoms with Crippen LogP contribution in [-0.4, -0.2) is 48.1 Å². The van der Waals surface area contributed by atoms with E-state index < -0.39 is 0 Å². The molecule has 1 unspecified atom stereocenters. The van der Waals surface area contributed by atoms with Crippen LogP contribution in [0, 0.1) is 5.82 Å². The number of aliphatic imine (C=N–C) groups is 1. The molecule has 2 aliphatic rings. The van der Waals surface area contributed by atoms with E-state index in [2.05, 4.69) is 23.0 Å². The fourth-order valence-electron chi connectivity index (χ4n) is 5.00. The number of para-hydroxylation sites is 1. The maximum Gasteiger partial charge on any atom is 0.209 e. The van der Waals surface area contributed by atoms with Gasteiger partial charge in [-0.2, -0.15) is 0 Å². The number of aliphatic hydroxyl groups excluding tert-OH is 1. The summed E-state index contributed by atoms with van der Waals surface area (Å²) in [5.41, 5.74) is 3.63. The molecule has 0 saturated carbocycles. The van der Waals surface area contributed by atoms with Crippen molar-refractivity contribution in [2.75, 3.05) is 32.2 Å². The van der Waals surface area contributed by atoms with Crippen molar-refractivity contribution in [3.8, 4) is 11.5 Å². The summed E-state index contributed by atoms with van der Waals surface area (Å²) >= 11 is 0. The summed E-state index contributed by atoms with van der Waals surface area (Å²) in [6.07, 6.45) is 4.54. The van der Waals surface area contributed by atoms with Crippen LogP contribution in [0.2, 0.25) is 0 Å². The molecule has 1 aromatic heterocycles. The van der Waals surface area contributed by atoms with Crippen molar-refractivity contribution in [2.45, 2.75) is 12.3 Å². The van der Waals surface area contributed by atoms with E-state index in [1.165, 1.54) is 17.7 Å². The van der Waals surface area contributed by atoms with Gasteiger partial charge in [0.05, 0.1) is 25.5 Å². The molecule has 38 heavy (non-hydrogen) atoms. The topological polar surface area (TPSA) is 70.4 Å². The third-order valence-electron chi connectivity index (χ3n) is 6.94. The Balaban J connectivity index is 1.59. The Hall–Kier alpha value is -4.59. The quantitative estimate of drug-likeness (QED) is 0.432. The molecule has 0 aliphatic carbocycles. The number of likely N-dealkylation sites (tertiary alicyclic amines) is 1. The first-order chi connectivity index (χ1) is 18.4. The number of aliphatic hydroxyl groups is 1. The predicted molar refractivity (Wildman–Crippen MR) is 146 cm³/mol. The Kier molecular flexibility index (Phi) is 6.87. The monoisotopic (exact) mass is 512 g/mol. The minimum Gasteiger partial charge on any atom is -0.494 e. The van der Waals surface area contributed by atoms with Crippen LogP contribution in [0.1, 0.15) is 23.5 Å². The van der Waals surface area contributed by atoms with Gasteiger partial charge < -0.3 is 19.5 Å². The minimum absolute atomic E-state index is 0.121. The maximum atomic E-state index is 13.8. The molecule has 1 atom stereocenters. The van der Waals surface area contributed by atoms with E-state index >= 15 is 0 Å². The van der Waals surface area contributed by atoms with Gasteiger partial charge in [0.25, 0.3) is 0 Å². The molecule has 8 heteroatoms. The average Bonchev–Trinajstić information content (AvgIpc) is 3.44. The number of methoxy groups -OCH3 is 2. The highest BCUT2D eigenvalue weighted by atomic mass is 19.1. The van der Waals surface area contributed by atoms with Gasteiger partial charge in [0, 0.05) is 42.7 Å². The van der Waals surface area contributed by atoms with Crippen LogP contribution in [-0.2, 0) is 0 Å². The van der Waals surface area contributed by atoms with Crippen LogP contribution < -0.4 is 14.4 Å². The van der Waals surface area contributed by atoms with E-state index in [0.717, 1.165) is 19.5 Å². The van der Waals surface area contributed by atoms with Gasteiger partial charge in [-0.1, -0.05) is 19.2 Å². The van der Waals surface area contributed by atoms with Crippen LogP contribution in [0.15, 0.2) is 108 Å². The van der Waals surface area contributed by atoms with Gasteiger partial charge in [-0.3, -0.25) is 9.88 Å². The second-order valence-corrected chi connectivity index (χ2v) is 9.09. The molecule has 1 saturated heterocycles. The third-order valence-corrected chi connectivity index (χ3v) is 6.94. The Labute approximate surface area is 221 Å². The highest BCUT2D eigenvalue weighted by Crippen LogP contribution is 2.44. The zero-order valence-corrected chi connectivity index (χ0v) is 21.4. The van der Waals surface area contributed by atoms with Gasteiger partial charge in [0.2, 0.25) is 5.88 Å². The smallest absolute Gasteiger partial charge is 0.209 e. The first-order valence-corrected chi connectivity index (χ1v) is 12.2. The maximum absolute atomic E-state index is 13.8. The Morgan fingerprint density at radius 3 is 2.32 bits per heavy atom. The van der Waals surface area contributed by atoms with Gasteiger partial charge in [0.1, 0.15) is 28.8 Å². The Bertz CT molecular complexity index is 1410. The number of hydrogen-bond acceptors (Lipinski definition) is 7. The van der Waals surface area contributed by atoms with Crippen LogP contribution in [0.25, 0.3) is 0 Å². The first kappa shape index (κ1) is 25.1. The Morgan fingerprint density at radius 1 is 1.03 bits per heavy atom. The van der Waals surface area contributed by atoms with E-state index in [9.17, 15) is 9.50 Å². The molecule has 2 aromatic carbocycles. The lowest BCUT2D eigenvalue weighted by Gasteiger charge is -2.34. The summed E-state index contributed by atoms with van der Waals surface area (Å²) in [5, 5.41) is 11.9. The van der Waals surface area contributed by atoms with E-state index in [-0.39, 0.29) is 11.7 Å². The summed E-state index contributed by atoms with van der Waals surface area (Å²) < 4.78 is 25.1. The van der Waals surface area contributed by atoms with Gasteiger partial charge in [-0.15, -0.1) is 0 Å². The zero-order chi connectivity index (χ0) is 26.8. The van der Waals surface area contributed by atoms with Crippen molar-refractivity contribution < 1.29 is 19.0 Å². The predicted octanol–water partition coefficient (Wildman–Crippen LogP) is 5.79. The number of anilines is 1. The first-order valence-electron chi connectivity index (χ1n) is 12.2. The van der Waals surface area contributed by atoms with E-state index in [4.69, 9.17) is 14.5 Å². The number of aromatic nitrogens is 1. The molecule has 5 rings (SSSR count). The number of nitrogens with zero attached hydrogens (tertiary/aromatic N) is 4.